The fourth-order valence-corrected chi connectivity index (χ4v) is 3.07. The third-order valence-corrected chi connectivity index (χ3v) is 4.74. The van der Waals surface area contributed by atoms with Gasteiger partial charge in [0.05, 0.1) is 13.2 Å². The Morgan fingerprint density at radius 3 is 2.30 bits per heavy atom. The summed E-state index contributed by atoms with van der Waals surface area (Å²) in [6.45, 7) is 4.33. The standard InChI is InChI=1S/C21H23ClN2O3/c22-18-5-3-17(4-6-18)20(25)9-10-21(26)23-19-7-1-16(2-8-19)15-24-11-13-27-14-12-24/h1-8H,9-15H2,(H,23,26). The summed E-state index contributed by atoms with van der Waals surface area (Å²) < 4.78 is 5.35. The predicted molar refractivity (Wildman–Crippen MR) is 106 cm³/mol. The number of ether oxygens (including phenoxy) is 1. The largest absolute Gasteiger partial charge is 0.379 e. The van der Waals surface area contributed by atoms with E-state index in [1.165, 1.54) is 5.56 Å². The number of carbonyl (C=O) groups excluding carboxylic acids is 2. The second kappa shape index (κ2) is 9.65. The van der Waals surface area contributed by atoms with Crippen molar-refractivity contribution in [3.05, 3.63) is 64.7 Å². The van der Waals surface area contributed by atoms with Gasteiger partial charge in [-0.05, 0) is 42.0 Å². The third-order valence-electron chi connectivity index (χ3n) is 4.49. The number of nitrogens with one attached hydrogen (secondary N) is 1. The second-order valence-corrected chi connectivity index (χ2v) is 7.00. The highest BCUT2D eigenvalue weighted by atomic mass is 35.5. The van der Waals surface area contributed by atoms with E-state index >= 15 is 0 Å². The molecule has 27 heavy (non-hydrogen) atoms. The van der Waals surface area contributed by atoms with Crippen LogP contribution in [0.3, 0.4) is 0 Å². The van der Waals surface area contributed by atoms with E-state index in [0.29, 0.717) is 10.6 Å². The number of carbonyl (C=O) groups is 2. The van der Waals surface area contributed by atoms with Gasteiger partial charge in [-0.25, -0.2) is 0 Å². The Morgan fingerprint density at radius 1 is 0.963 bits per heavy atom. The van der Waals surface area contributed by atoms with Gasteiger partial charge >= 0.3 is 0 Å². The number of hydrogen-bond acceptors (Lipinski definition) is 4. The molecule has 2 aromatic carbocycles. The molecule has 2 aromatic rings. The van der Waals surface area contributed by atoms with E-state index in [2.05, 4.69) is 10.2 Å². The number of hydrogen-bond donors (Lipinski definition) is 1. The Hall–Kier alpha value is -2.21. The molecule has 1 N–H and O–H groups in total. The van der Waals surface area contributed by atoms with Gasteiger partial charge in [0.1, 0.15) is 0 Å². The van der Waals surface area contributed by atoms with Crippen LogP contribution in [0, 0.1) is 0 Å². The summed E-state index contributed by atoms with van der Waals surface area (Å²) in [4.78, 5) is 26.6. The SMILES string of the molecule is O=C(CCC(=O)c1ccc(Cl)cc1)Nc1ccc(CN2CCOCC2)cc1. The zero-order chi connectivity index (χ0) is 19.1. The first-order valence-corrected chi connectivity index (χ1v) is 9.45. The van der Waals surface area contributed by atoms with Crippen LogP contribution in [0.4, 0.5) is 5.69 Å². The van der Waals surface area contributed by atoms with E-state index in [9.17, 15) is 9.59 Å². The molecular formula is C21H23ClN2O3. The Bertz CT molecular complexity index is 769. The van der Waals surface area contributed by atoms with E-state index in [-0.39, 0.29) is 24.5 Å². The normalized spacial score (nSPS) is 14.7. The zero-order valence-electron chi connectivity index (χ0n) is 15.1. The first-order valence-electron chi connectivity index (χ1n) is 9.08. The van der Waals surface area contributed by atoms with Crippen LogP contribution in [0.5, 0.6) is 0 Å². The Morgan fingerprint density at radius 2 is 1.63 bits per heavy atom. The molecule has 3 rings (SSSR count). The molecule has 6 heteroatoms. The topological polar surface area (TPSA) is 58.6 Å². The van der Waals surface area contributed by atoms with E-state index < -0.39 is 0 Å². The van der Waals surface area contributed by atoms with Crippen LogP contribution in [-0.4, -0.2) is 42.9 Å². The highest BCUT2D eigenvalue weighted by Crippen LogP contribution is 2.14. The number of ketones is 1. The number of morpholine rings is 1. The predicted octanol–water partition coefficient (Wildman–Crippen LogP) is 3.77. The maximum atomic E-state index is 12.1. The fraction of sp³-hybridized carbons (Fsp3) is 0.333. The van der Waals surface area contributed by atoms with Crippen LogP contribution < -0.4 is 5.32 Å². The Labute approximate surface area is 164 Å². The third kappa shape index (κ3) is 6.17. The molecule has 1 heterocycles. The monoisotopic (exact) mass is 386 g/mol. The second-order valence-electron chi connectivity index (χ2n) is 6.56. The number of benzene rings is 2. The lowest BCUT2D eigenvalue weighted by molar-refractivity contribution is -0.116. The molecule has 0 radical (unpaired) electrons. The van der Waals surface area contributed by atoms with Crippen molar-refractivity contribution in [2.24, 2.45) is 0 Å². The molecule has 0 saturated carbocycles. The summed E-state index contributed by atoms with van der Waals surface area (Å²) in [7, 11) is 0. The van der Waals surface area contributed by atoms with Crippen molar-refractivity contribution >= 4 is 29.0 Å². The minimum absolute atomic E-state index is 0.0670. The first-order chi connectivity index (χ1) is 13.1. The summed E-state index contributed by atoms with van der Waals surface area (Å²) in [5, 5.41) is 3.43. The smallest absolute Gasteiger partial charge is 0.224 e. The van der Waals surface area contributed by atoms with Gasteiger partial charge in [0.25, 0.3) is 0 Å². The molecule has 0 atom stereocenters. The average Bonchev–Trinajstić information content (AvgIpc) is 2.69. The molecule has 1 saturated heterocycles. The van der Waals surface area contributed by atoms with Gasteiger partial charge in [-0.1, -0.05) is 23.7 Å². The lowest BCUT2D eigenvalue weighted by Crippen LogP contribution is -2.35. The molecule has 1 amide bonds. The summed E-state index contributed by atoms with van der Waals surface area (Å²) in [6.07, 6.45) is 0.319. The van der Waals surface area contributed by atoms with Crippen molar-refractivity contribution < 1.29 is 14.3 Å². The quantitative estimate of drug-likeness (QED) is 0.736. The first kappa shape index (κ1) is 19.5. The maximum Gasteiger partial charge on any atom is 0.224 e. The lowest BCUT2D eigenvalue weighted by atomic mass is 10.1. The van der Waals surface area contributed by atoms with Crippen LogP contribution >= 0.6 is 11.6 Å². The number of anilines is 1. The number of amides is 1. The van der Waals surface area contributed by atoms with E-state index in [4.69, 9.17) is 16.3 Å². The van der Waals surface area contributed by atoms with Crippen LogP contribution in [0.2, 0.25) is 5.02 Å². The van der Waals surface area contributed by atoms with Crippen molar-refractivity contribution in [3.8, 4) is 0 Å². The van der Waals surface area contributed by atoms with Crippen molar-refractivity contribution in [3.63, 3.8) is 0 Å². The van der Waals surface area contributed by atoms with Gasteiger partial charge in [0, 0.05) is 48.7 Å². The van der Waals surface area contributed by atoms with E-state index in [1.807, 2.05) is 24.3 Å². The molecule has 1 fully saturated rings. The highest BCUT2D eigenvalue weighted by molar-refractivity contribution is 6.30. The van der Waals surface area contributed by atoms with Gasteiger partial charge in [0.15, 0.2) is 5.78 Å². The molecule has 1 aliphatic rings. The molecule has 1 aliphatic heterocycles. The average molecular weight is 387 g/mol. The minimum Gasteiger partial charge on any atom is -0.379 e. The van der Waals surface area contributed by atoms with Gasteiger partial charge in [0.2, 0.25) is 5.91 Å². The molecule has 0 unspecified atom stereocenters. The van der Waals surface area contributed by atoms with Crippen LogP contribution in [-0.2, 0) is 16.1 Å². The summed E-state index contributed by atoms with van der Waals surface area (Å²) in [6, 6.07) is 14.5. The van der Waals surface area contributed by atoms with Crippen molar-refractivity contribution in [1.29, 1.82) is 0 Å². The number of rotatable bonds is 7. The molecule has 0 spiro atoms. The summed E-state index contributed by atoms with van der Waals surface area (Å²) in [5.41, 5.74) is 2.51. The lowest BCUT2D eigenvalue weighted by Gasteiger charge is -2.26. The Balaban J connectivity index is 1.44. The Kier molecular flexibility index (Phi) is 6.98. The maximum absolute atomic E-state index is 12.1. The molecule has 5 nitrogen and oxygen atoms in total. The fourth-order valence-electron chi connectivity index (χ4n) is 2.94. The summed E-state index contributed by atoms with van der Waals surface area (Å²) in [5.74, 6) is -0.235. The van der Waals surface area contributed by atoms with Gasteiger partial charge in [-0.3, -0.25) is 14.5 Å². The zero-order valence-corrected chi connectivity index (χ0v) is 15.9. The van der Waals surface area contributed by atoms with Crippen molar-refractivity contribution in [2.45, 2.75) is 19.4 Å². The number of halogens is 1. The molecular weight excluding hydrogens is 364 g/mol. The van der Waals surface area contributed by atoms with Gasteiger partial charge in [-0.2, -0.15) is 0 Å². The van der Waals surface area contributed by atoms with Crippen LogP contribution in [0.1, 0.15) is 28.8 Å². The van der Waals surface area contributed by atoms with Crippen molar-refractivity contribution in [1.82, 2.24) is 4.90 Å². The van der Waals surface area contributed by atoms with E-state index in [1.54, 1.807) is 24.3 Å². The number of Topliss-reactive ketones (excluding diaryl/α,β-unsaturated/α-hetero) is 1. The summed E-state index contributed by atoms with van der Waals surface area (Å²) >= 11 is 5.82. The minimum atomic E-state index is -0.168. The van der Waals surface area contributed by atoms with Gasteiger partial charge < -0.3 is 10.1 Å². The van der Waals surface area contributed by atoms with Crippen molar-refractivity contribution in [2.75, 3.05) is 31.6 Å². The number of nitrogens with zero attached hydrogens (tertiary/aromatic N) is 1. The molecule has 0 bridgehead atoms. The highest BCUT2D eigenvalue weighted by Gasteiger charge is 2.12. The molecule has 0 aliphatic carbocycles. The molecule has 142 valence electrons. The van der Waals surface area contributed by atoms with E-state index in [0.717, 1.165) is 38.5 Å². The van der Waals surface area contributed by atoms with Crippen LogP contribution in [0.25, 0.3) is 0 Å². The van der Waals surface area contributed by atoms with Gasteiger partial charge in [-0.15, -0.1) is 0 Å². The molecule has 0 aromatic heterocycles. The van der Waals surface area contributed by atoms with Crippen LogP contribution in [0.15, 0.2) is 48.5 Å².